The molecule has 0 aliphatic heterocycles. The van der Waals surface area contributed by atoms with Crippen molar-refractivity contribution in [2.24, 2.45) is 0 Å². The van der Waals surface area contributed by atoms with Gasteiger partial charge in [0.05, 0.1) is 11.4 Å². The fourth-order valence-electron chi connectivity index (χ4n) is 1.27. The molecule has 0 aliphatic rings. The molecular weight excluding hydrogens is 192 g/mol. The first-order chi connectivity index (χ1) is 6.75. The van der Waals surface area contributed by atoms with E-state index in [0.717, 1.165) is 23.5 Å². The second-order valence-electron chi connectivity index (χ2n) is 3.31. The Bertz CT molecular complexity index is 287. The van der Waals surface area contributed by atoms with Gasteiger partial charge in [0.1, 0.15) is 0 Å². The number of benzene rings is 1. The molecule has 0 unspecified atom stereocenters. The summed E-state index contributed by atoms with van der Waals surface area (Å²) in [6.45, 7) is 3.02. The van der Waals surface area contributed by atoms with Crippen LogP contribution in [0.15, 0.2) is 18.2 Å². The SMILES string of the molecule is CSCCCNc1cccc(C)c1N. The zero-order valence-electron chi connectivity index (χ0n) is 8.84. The lowest BCUT2D eigenvalue weighted by atomic mass is 10.2. The Morgan fingerprint density at radius 3 is 2.93 bits per heavy atom. The Hall–Kier alpha value is -0.830. The summed E-state index contributed by atoms with van der Waals surface area (Å²) in [7, 11) is 0. The molecule has 0 amide bonds. The van der Waals surface area contributed by atoms with Crippen LogP contribution in [-0.4, -0.2) is 18.6 Å². The van der Waals surface area contributed by atoms with E-state index in [2.05, 4.69) is 11.6 Å². The summed E-state index contributed by atoms with van der Waals surface area (Å²) >= 11 is 1.87. The quantitative estimate of drug-likeness (QED) is 0.579. The first-order valence-corrected chi connectivity index (χ1v) is 6.23. The molecule has 0 saturated heterocycles. The summed E-state index contributed by atoms with van der Waals surface area (Å²) in [5.41, 5.74) is 9.00. The molecule has 78 valence electrons. The van der Waals surface area contributed by atoms with E-state index in [1.165, 1.54) is 12.2 Å². The maximum absolute atomic E-state index is 5.93. The molecule has 0 saturated carbocycles. The Morgan fingerprint density at radius 1 is 1.43 bits per heavy atom. The smallest absolute Gasteiger partial charge is 0.0579 e. The number of anilines is 2. The first-order valence-electron chi connectivity index (χ1n) is 4.83. The van der Waals surface area contributed by atoms with E-state index in [-0.39, 0.29) is 0 Å². The minimum absolute atomic E-state index is 0.872. The van der Waals surface area contributed by atoms with Crippen molar-refractivity contribution in [2.75, 3.05) is 29.6 Å². The third kappa shape index (κ3) is 3.14. The van der Waals surface area contributed by atoms with Gasteiger partial charge in [-0.2, -0.15) is 11.8 Å². The molecule has 0 atom stereocenters. The average molecular weight is 210 g/mol. The number of rotatable bonds is 5. The van der Waals surface area contributed by atoms with Crippen LogP contribution in [-0.2, 0) is 0 Å². The minimum Gasteiger partial charge on any atom is -0.397 e. The Balaban J connectivity index is 2.46. The molecule has 0 aliphatic carbocycles. The summed E-state index contributed by atoms with van der Waals surface area (Å²) < 4.78 is 0. The Morgan fingerprint density at radius 2 is 2.21 bits per heavy atom. The van der Waals surface area contributed by atoms with Gasteiger partial charge in [-0.1, -0.05) is 12.1 Å². The second-order valence-corrected chi connectivity index (χ2v) is 4.29. The van der Waals surface area contributed by atoms with Gasteiger partial charge in [-0.25, -0.2) is 0 Å². The first kappa shape index (κ1) is 11.2. The van der Waals surface area contributed by atoms with Gasteiger partial charge >= 0.3 is 0 Å². The van der Waals surface area contributed by atoms with Gasteiger partial charge in [0.2, 0.25) is 0 Å². The standard InChI is InChI=1S/C11H18N2S/c1-9-5-3-6-10(11(9)12)13-7-4-8-14-2/h3,5-6,13H,4,7-8,12H2,1-2H3. The highest BCUT2D eigenvalue weighted by Crippen LogP contribution is 2.21. The molecule has 1 rings (SSSR count). The summed E-state index contributed by atoms with van der Waals surface area (Å²) in [6.07, 6.45) is 3.30. The van der Waals surface area contributed by atoms with Gasteiger partial charge in [-0.05, 0) is 37.0 Å². The summed E-state index contributed by atoms with van der Waals surface area (Å²) in [5.74, 6) is 1.19. The maximum Gasteiger partial charge on any atom is 0.0579 e. The molecule has 0 radical (unpaired) electrons. The number of hydrogen-bond acceptors (Lipinski definition) is 3. The highest BCUT2D eigenvalue weighted by Gasteiger charge is 1.99. The number of hydrogen-bond donors (Lipinski definition) is 2. The van der Waals surface area contributed by atoms with Crippen molar-refractivity contribution in [1.29, 1.82) is 0 Å². The van der Waals surface area contributed by atoms with Crippen LogP contribution in [0.5, 0.6) is 0 Å². The predicted octanol–water partition coefficient (Wildman–Crippen LogP) is 2.74. The van der Waals surface area contributed by atoms with E-state index in [1.807, 2.05) is 36.9 Å². The van der Waals surface area contributed by atoms with Crippen LogP contribution in [0.25, 0.3) is 0 Å². The Kier molecular flexibility index (Phi) is 4.66. The molecule has 0 fully saturated rings. The molecule has 0 aromatic heterocycles. The summed E-state index contributed by atoms with van der Waals surface area (Å²) in [5, 5.41) is 3.35. The lowest BCUT2D eigenvalue weighted by molar-refractivity contribution is 0.993. The van der Waals surface area contributed by atoms with E-state index in [9.17, 15) is 0 Å². The number of nitrogens with two attached hydrogens (primary N) is 1. The van der Waals surface area contributed by atoms with E-state index >= 15 is 0 Å². The number of nitrogen functional groups attached to an aromatic ring is 1. The number of thioether (sulfide) groups is 1. The second kappa shape index (κ2) is 5.81. The summed E-state index contributed by atoms with van der Waals surface area (Å²) in [6, 6.07) is 6.09. The average Bonchev–Trinajstić information content (AvgIpc) is 2.19. The molecule has 1 aromatic rings. The third-order valence-corrected chi connectivity index (χ3v) is 2.86. The molecule has 1 aromatic carbocycles. The molecule has 0 spiro atoms. The van der Waals surface area contributed by atoms with Crippen LogP contribution in [0.2, 0.25) is 0 Å². The highest BCUT2D eigenvalue weighted by atomic mass is 32.2. The fourth-order valence-corrected chi connectivity index (χ4v) is 1.71. The van der Waals surface area contributed by atoms with Crippen LogP contribution in [0, 0.1) is 6.92 Å². The normalized spacial score (nSPS) is 10.1. The molecule has 3 N–H and O–H groups in total. The lowest BCUT2D eigenvalue weighted by Crippen LogP contribution is -2.05. The predicted molar refractivity (Wildman–Crippen MR) is 67.1 cm³/mol. The van der Waals surface area contributed by atoms with Crippen molar-refractivity contribution >= 4 is 23.1 Å². The Labute approximate surface area is 90.3 Å². The third-order valence-electron chi connectivity index (χ3n) is 2.16. The van der Waals surface area contributed by atoms with Crippen LogP contribution >= 0.6 is 11.8 Å². The molecular formula is C11H18N2S. The lowest BCUT2D eigenvalue weighted by Gasteiger charge is -2.10. The van der Waals surface area contributed by atoms with Gasteiger partial charge in [-0.15, -0.1) is 0 Å². The van der Waals surface area contributed by atoms with Crippen molar-refractivity contribution in [3.05, 3.63) is 23.8 Å². The van der Waals surface area contributed by atoms with Gasteiger partial charge in [0, 0.05) is 6.54 Å². The van der Waals surface area contributed by atoms with Crippen molar-refractivity contribution in [2.45, 2.75) is 13.3 Å². The number of aryl methyl sites for hydroxylation is 1. The maximum atomic E-state index is 5.93. The van der Waals surface area contributed by atoms with Crippen molar-refractivity contribution < 1.29 is 0 Å². The molecule has 3 heteroatoms. The minimum atomic E-state index is 0.872. The molecule has 2 nitrogen and oxygen atoms in total. The van der Waals surface area contributed by atoms with Crippen LogP contribution in [0.1, 0.15) is 12.0 Å². The number of para-hydroxylation sites is 1. The van der Waals surface area contributed by atoms with Crippen LogP contribution in [0.4, 0.5) is 11.4 Å². The number of nitrogens with one attached hydrogen (secondary N) is 1. The van der Waals surface area contributed by atoms with Crippen LogP contribution < -0.4 is 11.1 Å². The van der Waals surface area contributed by atoms with Crippen molar-refractivity contribution in [3.8, 4) is 0 Å². The highest BCUT2D eigenvalue weighted by molar-refractivity contribution is 7.98. The van der Waals surface area contributed by atoms with E-state index in [0.29, 0.717) is 0 Å². The van der Waals surface area contributed by atoms with Gasteiger partial charge in [-0.3, -0.25) is 0 Å². The summed E-state index contributed by atoms with van der Waals surface area (Å²) in [4.78, 5) is 0. The molecule has 14 heavy (non-hydrogen) atoms. The van der Waals surface area contributed by atoms with E-state index < -0.39 is 0 Å². The van der Waals surface area contributed by atoms with Crippen molar-refractivity contribution in [3.63, 3.8) is 0 Å². The van der Waals surface area contributed by atoms with E-state index in [4.69, 9.17) is 5.73 Å². The van der Waals surface area contributed by atoms with Gasteiger partial charge in [0.15, 0.2) is 0 Å². The topological polar surface area (TPSA) is 38.0 Å². The van der Waals surface area contributed by atoms with Crippen LogP contribution in [0.3, 0.4) is 0 Å². The van der Waals surface area contributed by atoms with Gasteiger partial charge in [0.25, 0.3) is 0 Å². The fraction of sp³-hybridized carbons (Fsp3) is 0.455. The largest absolute Gasteiger partial charge is 0.397 e. The van der Waals surface area contributed by atoms with Crippen molar-refractivity contribution in [1.82, 2.24) is 0 Å². The van der Waals surface area contributed by atoms with Gasteiger partial charge < -0.3 is 11.1 Å². The molecule has 0 bridgehead atoms. The molecule has 0 heterocycles. The monoisotopic (exact) mass is 210 g/mol. The zero-order valence-corrected chi connectivity index (χ0v) is 9.66. The van der Waals surface area contributed by atoms with E-state index in [1.54, 1.807) is 0 Å². The zero-order chi connectivity index (χ0) is 10.4.